The number of carbonyl (C=O) groups is 2. The fraction of sp³-hybridized carbons (Fsp3) is 0.882. The van der Waals surface area contributed by atoms with Crippen LogP contribution in [0.2, 0.25) is 0 Å². The largest absolute Gasteiger partial charge is 0.343 e. The summed E-state index contributed by atoms with van der Waals surface area (Å²) in [6.45, 7) is 7.12. The molecule has 0 bridgehead atoms. The Morgan fingerprint density at radius 2 is 2.00 bits per heavy atom. The monoisotopic (exact) mass is 294 g/mol. The number of amides is 2. The topological polar surface area (TPSA) is 49.4 Å². The average molecular weight is 294 g/mol. The molecule has 1 aliphatic carbocycles. The highest BCUT2D eigenvalue weighted by Gasteiger charge is 2.40. The van der Waals surface area contributed by atoms with Crippen molar-refractivity contribution >= 4 is 11.8 Å². The van der Waals surface area contributed by atoms with Crippen molar-refractivity contribution in [2.75, 3.05) is 6.54 Å². The van der Waals surface area contributed by atoms with Crippen molar-refractivity contribution in [3.8, 4) is 0 Å². The van der Waals surface area contributed by atoms with Gasteiger partial charge in [-0.2, -0.15) is 0 Å². The normalized spacial score (nSPS) is 34.0. The lowest BCUT2D eigenvalue weighted by atomic mass is 9.81. The van der Waals surface area contributed by atoms with Crippen molar-refractivity contribution in [3.63, 3.8) is 0 Å². The fourth-order valence-corrected chi connectivity index (χ4v) is 3.94. The first-order valence-electron chi connectivity index (χ1n) is 8.67. The first kappa shape index (κ1) is 16.3. The molecule has 0 aromatic rings. The van der Waals surface area contributed by atoms with Gasteiger partial charge < -0.3 is 10.2 Å². The van der Waals surface area contributed by atoms with Crippen LogP contribution >= 0.6 is 0 Å². The number of nitrogens with zero attached hydrogens (tertiary/aromatic N) is 1. The summed E-state index contributed by atoms with van der Waals surface area (Å²) in [7, 11) is 0. The molecule has 4 atom stereocenters. The third-order valence-electron chi connectivity index (χ3n) is 5.04. The van der Waals surface area contributed by atoms with Gasteiger partial charge in [0.25, 0.3) is 0 Å². The molecule has 4 heteroatoms. The van der Waals surface area contributed by atoms with E-state index in [1.807, 2.05) is 11.8 Å². The number of nitrogens with one attached hydrogen (secondary N) is 1. The quantitative estimate of drug-likeness (QED) is 0.847. The van der Waals surface area contributed by atoms with Crippen molar-refractivity contribution < 1.29 is 9.59 Å². The van der Waals surface area contributed by atoms with Gasteiger partial charge in [-0.25, -0.2) is 0 Å². The Kier molecular flexibility index (Phi) is 5.65. The van der Waals surface area contributed by atoms with Gasteiger partial charge in [0.15, 0.2) is 0 Å². The molecule has 4 nitrogen and oxygen atoms in total. The molecular weight excluding hydrogens is 264 g/mol. The number of rotatable bonds is 5. The highest BCUT2D eigenvalue weighted by atomic mass is 16.2. The van der Waals surface area contributed by atoms with E-state index in [1.165, 1.54) is 25.7 Å². The lowest BCUT2D eigenvalue weighted by Crippen LogP contribution is -2.63. The molecule has 2 aliphatic rings. The van der Waals surface area contributed by atoms with E-state index in [1.54, 1.807) is 0 Å². The summed E-state index contributed by atoms with van der Waals surface area (Å²) in [4.78, 5) is 26.9. The number of hydrogen-bond donors (Lipinski definition) is 1. The van der Waals surface area contributed by atoms with E-state index in [-0.39, 0.29) is 23.9 Å². The molecule has 4 unspecified atom stereocenters. The van der Waals surface area contributed by atoms with Crippen molar-refractivity contribution in [1.29, 1.82) is 0 Å². The van der Waals surface area contributed by atoms with Gasteiger partial charge in [0.2, 0.25) is 11.8 Å². The summed E-state index contributed by atoms with van der Waals surface area (Å²) in [5, 5.41) is 2.91. The smallest absolute Gasteiger partial charge is 0.245 e. The minimum absolute atomic E-state index is 0.0411. The zero-order chi connectivity index (χ0) is 15.4. The Labute approximate surface area is 128 Å². The Morgan fingerprint density at radius 1 is 1.24 bits per heavy atom. The summed E-state index contributed by atoms with van der Waals surface area (Å²) in [5.74, 6) is 1.50. The lowest BCUT2D eigenvalue weighted by Gasteiger charge is -2.41. The van der Waals surface area contributed by atoms with Crippen LogP contribution in [0.25, 0.3) is 0 Å². The summed E-state index contributed by atoms with van der Waals surface area (Å²) in [5.41, 5.74) is 0. The highest BCUT2D eigenvalue weighted by molar-refractivity contribution is 5.96. The van der Waals surface area contributed by atoms with Gasteiger partial charge in [0, 0.05) is 6.54 Å². The Balaban J connectivity index is 2.07. The van der Waals surface area contributed by atoms with Gasteiger partial charge in [-0.3, -0.25) is 9.59 Å². The van der Waals surface area contributed by atoms with Crippen molar-refractivity contribution in [1.82, 2.24) is 10.2 Å². The van der Waals surface area contributed by atoms with Crippen LogP contribution in [0.5, 0.6) is 0 Å². The maximum atomic E-state index is 12.7. The van der Waals surface area contributed by atoms with Crippen LogP contribution < -0.4 is 5.32 Å². The number of hydrogen-bond acceptors (Lipinski definition) is 2. The van der Waals surface area contributed by atoms with Crippen molar-refractivity contribution in [2.24, 2.45) is 11.8 Å². The summed E-state index contributed by atoms with van der Waals surface area (Å²) >= 11 is 0. The molecular formula is C17H30N2O2. The second kappa shape index (κ2) is 7.28. The molecule has 2 fully saturated rings. The predicted octanol–water partition coefficient (Wildman–Crippen LogP) is 2.72. The molecule has 0 aromatic heterocycles. The van der Waals surface area contributed by atoms with Crippen LogP contribution in [0.15, 0.2) is 0 Å². The van der Waals surface area contributed by atoms with E-state index in [2.05, 4.69) is 19.2 Å². The molecule has 2 amide bonds. The van der Waals surface area contributed by atoms with Gasteiger partial charge >= 0.3 is 0 Å². The van der Waals surface area contributed by atoms with Crippen LogP contribution in [0.3, 0.4) is 0 Å². The second-order valence-corrected chi connectivity index (χ2v) is 6.90. The van der Waals surface area contributed by atoms with E-state index >= 15 is 0 Å². The molecule has 1 aliphatic heterocycles. The molecule has 1 saturated heterocycles. The second-order valence-electron chi connectivity index (χ2n) is 6.90. The number of carbonyl (C=O) groups excluding carboxylic acids is 2. The van der Waals surface area contributed by atoms with Crippen molar-refractivity contribution in [2.45, 2.75) is 77.8 Å². The Morgan fingerprint density at radius 3 is 2.62 bits per heavy atom. The predicted molar refractivity (Wildman–Crippen MR) is 83.8 cm³/mol. The molecule has 21 heavy (non-hydrogen) atoms. The molecule has 0 aromatic carbocycles. The maximum Gasteiger partial charge on any atom is 0.245 e. The zero-order valence-electron chi connectivity index (χ0n) is 13.7. The van der Waals surface area contributed by atoms with E-state index in [0.29, 0.717) is 12.3 Å². The summed E-state index contributed by atoms with van der Waals surface area (Å²) in [6.07, 6.45) is 7.33. The molecule has 0 radical (unpaired) electrons. The van der Waals surface area contributed by atoms with Gasteiger partial charge in [-0.1, -0.05) is 40.0 Å². The Bertz CT molecular complexity index is 383. The van der Waals surface area contributed by atoms with E-state index in [9.17, 15) is 9.59 Å². The fourth-order valence-electron chi connectivity index (χ4n) is 3.94. The minimum atomic E-state index is -0.300. The first-order chi connectivity index (χ1) is 10.1. The first-order valence-corrected chi connectivity index (χ1v) is 8.67. The zero-order valence-corrected chi connectivity index (χ0v) is 13.7. The summed E-state index contributed by atoms with van der Waals surface area (Å²) in [6, 6.07) is -0.561. The molecule has 120 valence electrons. The van der Waals surface area contributed by atoms with Gasteiger partial charge in [-0.15, -0.1) is 0 Å². The maximum absolute atomic E-state index is 12.7. The van der Waals surface area contributed by atoms with Crippen LogP contribution in [-0.4, -0.2) is 35.3 Å². The lowest BCUT2D eigenvalue weighted by molar-refractivity contribution is -0.150. The van der Waals surface area contributed by atoms with E-state index in [4.69, 9.17) is 0 Å². The highest BCUT2D eigenvalue weighted by Crippen LogP contribution is 2.30. The molecule has 0 spiro atoms. The molecule has 2 rings (SSSR count). The Hall–Kier alpha value is -1.06. The average Bonchev–Trinajstić information content (AvgIpc) is 2.45. The van der Waals surface area contributed by atoms with Crippen molar-refractivity contribution in [3.05, 3.63) is 0 Å². The number of piperazine rings is 1. The standard InChI is InChI=1S/C17H30N2O2/c1-4-7-14-17(21)19(15(5-2)16(20)18-14)11-13-9-6-8-12(3)10-13/h12-15H,4-11H2,1-3H3,(H,18,20). The van der Waals surface area contributed by atoms with E-state index < -0.39 is 0 Å². The van der Waals surface area contributed by atoms with Crippen LogP contribution in [0.1, 0.15) is 65.7 Å². The molecule has 1 heterocycles. The van der Waals surface area contributed by atoms with E-state index in [0.717, 1.165) is 25.3 Å². The molecule has 1 saturated carbocycles. The third kappa shape index (κ3) is 3.78. The van der Waals surface area contributed by atoms with Crippen LogP contribution in [-0.2, 0) is 9.59 Å². The van der Waals surface area contributed by atoms with Gasteiger partial charge in [-0.05, 0) is 37.5 Å². The van der Waals surface area contributed by atoms with Crippen LogP contribution in [0, 0.1) is 11.8 Å². The van der Waals surface area contributed by atoms with Crippen LogP contribution in [0.4, 0.5) is 0 Å². The van der Waals surface area contributed by atoms with Gasteiger partial charge in [0.1, 0.15) is 12.1 Å². The third-order valence-corrected chi connectivity index (χ3v) is 5.04. The van der Waals surface area contributed by atoms with Gasteiger partial charge in [0.05, 0.1) is 0 Å². The minimum Gasteiger partial charge on any atom is -0.343 e. The SMILES string of the molecule is CCCC1NC(=O)C(CC)N(CC2CCCC(C)C2)C1=O. The summed E-state index contributed by atoms with van der Waals surface area (Å²) < 4.78 is 0. The molecule has 1 N–H and O–H groups in total.